The number of benzene rings is 2. The van der Waals surface area contributed by atoms with E-state index in [1.165, 1.54) is 10.5 Å². The van der Waals surface area contributed by atoms with Gasteiger partial charge in [-0.15, -0.1) is 11.8 Å². The van der Waals surface area contributed by atoms with Gasteiger partial charge < -0.3 is 10.0 Å². The highest BCUT2D eigenvalue weighted by Crippen LogP contribution is 2.37. The lowest BCUT2D eigenvalue weighted by Gasteiger charge is -2.25. The SMILES string of the molecule is O=C(O)CCCN(Cc1ccccc1)C(=O)C1Cc2ccccc2S1. The smallest absolute Gasteiger partial charge is 0.303 e. The summed E-state index contributed by atoms with van der Waals surface area (Å²) in [4.78, 5) is 26.8. The van der Waals surface area contributed by atoms with E-state index < -0.39 is 5.97 Å². The van der Waals surface area contributed by atoms with Gasteiger partial charge in [-0.05, 0) is 30.0 Å². The minimum atomic E-state index is -0.824. The molecule has 3 rings (SSSR count). The molecule has 0 aromatic heterocycles. The summed E-state index contributed by atoms with van der Waals surface area (Å²) < 4.78 is 0. The minimum Gasteiger partial charge on any atom is -0.481 e. The van der Waals surface area contributed by atoms with Gasteiger partial charge in [0.15, 0.2) is 0 Å². The Kier molecular flexibility index (Phi) is 5.76. The molecule has 25 heavy (non-hydrogen) atoms. The van der Waals surface area contributed by atoms with Gasteiger partial charge in [-0.1, -0.05) is 48.5 Å². The molecule has 0 spiro atoms. The normalized spacial score (nSPS) is 15.6. The Bertz CT molecular complexity index is 723. The zero-order chi connectivity index (χ0) is 17.6. The average Bonchev–Trinajstić information content (AvgIpc) is 3.05. The molecule has 5 heteroatoms. The number of rotatable bonds is 7. The number of aliphatic carboxylic acids is 1. The fourth-order valence-corrected chi connectivity index (χ4v) is 4.29. The van der Waals surface area contributed by atoms with E-state index in [9.17, 15) is 9.59 Å². The average molecular weight is 355 g/mol. The molecule has 1 aliphatic heterocycles. The van der Waals surface area contributed by atoms with Crippen LogP contribution in [0.1, 0.15) is 24.0 Å². The quantitative estimate of drug-likeness (QED) is 0.824. The first-order chi connectivity index (χ1) is 12.1. The van der Waals surface area contributed by atoms with Gasteiger partial charge in [-0.25, -0.2) is 0 Å². The second-order valence-corrected chi connectivity index (χ2v) is 7.41. The van der Waals surface area contributed by atoms with Crippen molar-refractivity contribution >= 4 is 23.6 Å². The van der Waals surface area contributed by atoms with Crippen LogP contribution in [0.5, 0.6) is 0 Å². The summed E-state index contributed by atoms with van der Waals surface area (Å²) in [5.41, 5.74) is 2.28. The Morgan fingerprint density at radius 2 is 1.80 bits per heavy atom. The highest BCUT2D eigenvalue weighted by molar-refractivity contribution is 8.01. The van der Waals surface area contributed by atoms with E-state index in [2.05, 4.69) is 12.1 Å². The molecule has 0 radical (unpaired) electrons. The number of nitrogens with zero attached hydrogens (tertiary/aromatic N) is 1. The number of carboxylic acid groups (broad SMARTS) is 1. The predicted octanol–water partition coefficient (Wildman–Crippen LogP) is 3.60. The van der Waals surface area contributed by atoms with Crippen LogP contribution in [0.2, 0.25) is 0 Å². The number of hydrogen-bond acceptors (Lipinski definition) is 3. The van der Waals surface area contributed by atoms with Crippen molar-refractivity contribution in [2.24, 2.45) is 0 Å². The summed E-state index contributed by atoms with van der Waals surface area (Å²) in [5.74, 6) is -0.731. The topological polar surface area (TPSA) is 57.6 Å². The van der Waals surface area contributed by atoms with Crippen molar-refractivity contribution in [2.45, 2.75) is 36.0 Å². The van der Waals surface area contributed by atoms with Gasteiger partial charge in [-0.3, -0.25) is 9.59 Å². The largest absolute Gasteiger partial charge is 0.481 e. The number of carboxylic acids is 1. The lowest BCUT2D eigenvalue weighted by atomic mass is 10.1. The van der Waals surface area contributed by atoms with Gasteiger partial charge in [-0.2, -0.15) is 0 Å². The standard InChI is InChI=1S/C20H21NO3S/c22-19(23)11-6-12-21(14-15-7-2-1-3-8-15)20(24)18-13-16-9-4-5-10-17(16)25-18/h1-5,7-10,18H,6,11-14H2,(H,22,23). The van der Waals surface area contributed by atoms with Crippen LogP contribution in [0, 0.1) is 0 Å². The van der Waals surface area contributed by atoms with Crippen LogP contribution in [-0.2, 0) is 22.6 Å². The van der Waals surface area contributed by atoms with E-state index in [-0.39, 0.29) is 17.6 Å². The van der Waals surface area contributed by atoms with Gasteiger partial charge in [0.05, 0.1) is 5.25 Å². The predicted molar refractivity (Wildman–Crippen MR) is 98.5 cm³/mol. The third-order valence-corrected chi connectivity index (χ3v) is 5.57. The molecule has 4 nitrogen and oxygen atoms in total. The number of carbonyl (C=O) groups is 2. The van der Waals surface area contributed by atoms with Crippen LogP contribution >= 0.6 is 11.8 Å². The second-order valence-electron chi connectivity index (χ2n) is 6.16. The second kappa shape index (κ2) is 8.21. The number of amides is 1. The number of hydrogen-bond donors (Lipinski definition) is 1. The highest BCUT2D eigenvalue weighted by Gasteiger charge is 2.31. The maximum Gasteiger partial charge on any atom is 0.303 e. The van der Waals surface area contributed by atoms with Crippen molar-refractivity contribution in [3.05, 3.63) is 65.7 Å². The van der Waals surface area contributed by atoms with Crippen molar-refractivity contribution in [3.8, 4) is 0 Å². The van der Waals surface area contributed by atoms with E-state index in [0.717, 1.165) is 12.0 Å². The first kappa shape index (κ1) is 17.5. The van der Waals surface area contributed by atoms with Crippen LogP contribution in [0.15, 0.2) is 59.5 Å². The van der Waals surface area contributed by atoms with E-state index in [4.69, 9.17) is 5.11 Å². The number of thioether (sulfide) groups is 1. The molecule has 1 heterocycles. The van der Waals surface area contributed by atoms with Crippen LogP contribution in [0.3, 0.4) is 0 Å². The van der Waals surface area contributed by atoms with Gasteiger partial charge >= 0.3 is 5.97 Å². The molecule has 0 aliphatic carbocycles. The maximum absolute atomic E-state index is 13.1. The molecule has 130 valence electrons. The van der Waals surface area contributed by atoms with Crippen molar-refractivity contribution < 1.29 is 14.7 Å². The maximum atomic E-state index is 13.1. The van der Waals surface area contributed by atoms with Gasteiger partial charge in [0.1, 0.15) is 0 Å². The summed E-state index contributed by atoms with van der Waals surface area (Å²) in [6, 6.07) is 18.0. The molecule has 1 unspecified atom stereocenters. The van der Waals surface area contributed by atoms with Crippen LogP contribution in [-0.4, -0.2) is 33.7 Å². The first-order valence-electron chi connectivity index (χ1n) is 8.42. The summed E-state index contributed by atoms with van der Waals surface area (Å²) >= 11 is 1.62. The van der Waals surface area contributed by atoms with E-state index >= 15 is 0 Å². The molecule has 1 amide bonds. The molecule has 0 fully saturated rings. The van der Waals surface area contributed by atoms with Crippen LogP contribution < -0.4 is 0 Å². The van der Waals surface area contributed by atoms with Gasteiger partial charge in [0.25, 0.3) is 0 Å². The van der Waals surface area contributed by atoms with Crippen molar-refractivity contribution in [1.82, 2.24) is 4.90 Å². The number of fused-ring (bicyclic) bond motifs is 1. The third kappa shape index (κ3) is 4.63. The monoisotopic (exact) mass is 355 g/mol. The van der Waals surface area contributed by atoms with E-state index in [0.29, 0.717) is 19.5 Å². The molecular formula is C20H21NO3S. The van der Waals surface area contributed by atoms with Crippen molar-refractivity contribution in [2.75, 3.05) is 6.54 Å². The molecule has 2 aromatic rings. The molecule has 0 saturated heterocycles. The van der Waals surface area contributed by atoms with Crippen molar-refractivity contribution in [3.63, 3.8) is 0 Å². The molecule has 2 aromatic carbocycles. The summed E-state index contributed by atoms with van der Waals surface area (Å²) in [5, 5.41) is 8.76. The Morgan fingerprint density at radius 3 is 2.52 bits per heavy atom. The summed E-state index contributed by atoms with van der Waals surface area (Å²) in [7, 11) is 0. The zero-order valence-corrected chi connectivity index (χ0v) is 14.7. The Balaban J connectivity index is 1.69. The summed E-state index contributed by atoms with van der Waals surface area (Å²) in [6.07, 6.45) is 1.29. The van der Waals surface area contributed by atoms with Crippen molar-refractivity contribution in [1.29, 1.82) is 0 Å². The van der Waals surface area contributed by atoms with Gasteiger partial charge in [0.2, 0.25) is 5.91 Å². The summed E-state index contributed by atoms with van der Waals surface area (Å²) in [6.45, 7) is 0.986. The fraction of sp³-hybridized carbons (Fsp3) is 0.300. The highest BCUT2D eigenvalue weighted by atomic mass is 32.2. The molecule has 1 atom stereocenters. The lowest BCUT2D eigenvalue weighted by Crippen LogP contribution is -2.38. The van der Waals surface area contributed by atoms with E-state index in [1.54, 1.807) is 11.8 Å². The van der Waals surface area contributed by atoms with Gasteiger partial charge in [0, 0.05) is 24.4 Å². The van der Waals surface area contributed by atoms with Crippen LogP contribution in [0.4, 0.5) is 0 Å². The molecule has 0 saturated carbocycles. The minimum absolute atomic E-state index is 0.0800. The third-order valence-electron chi connectivity index (χ3n) is 4.27. The Labute approximate surface area is 151 Å². The molecule has 0 bridgehead atoms. The fourth-order valence-electron chi connectivity index (χ4n) is 3.02. The number of carbonyl (C=O) groups excluding carboxylic acids is 1. The lowest BCUT2D eigenvalue weighted by molar-refractivity contribution is -0.138. The van der Waals surface area contributed by atoms with Crippen LogP contribution in [0.25, 0.3) is 0 Å². The molecular weight excluding hydrogens is 334 g/mol. The molecule has 1 N–H and O–H groups in total. The molecule has 1 aliphatic rings. The Morgan fingerprint density at radius 1 is 1.08 bits per heavy atom. The zero-order valence-electron chi connectivity index (χ0n) is 13.9. The first-order valence-corrected chi connectivity index (χ1v) is 9.30. The van der Waals surface area contributed by atoms with E-state index in [1.807, 2.05) is 47.4 Å². The Hall–Kier alpha value is -2.27.